The predicted molar refractivity (Wildman–Crippen MR) is 68.0 cm³/mol. The number of halogens is 2. The Hall–Kier alpha value is -0.880. The summed E-state index contributed by atoms with van der Waals surface area (Å²) in [6.45, 7) is 0. The molecular weight excluding hydrogens is 269 g/mol. The maximum Gasteiger partial charge on any atom is 0.247 e. The zero-order valence-electron chi connectivity index (χ0n) is 8.11. The fourth-order valence-electron chi connectivity index (χ4n) is 1.05. The van der Waals surface area contributed by atoms with Crippen molar-refractivity contribution in [2.24, 2.45) is 11.6 Å². The van der Waals surface area contributed by atoms with Crippen LogP contribution in [0.3, 0.4) is 0 Å². The van der Waals surface area contributed by atoms with Crippen molar-refractivity contribution < 1.29 is 4.79 Å². The van der Waals surface area contributed by atoms with Crippen LogP contribution < -0.4 is 11.6 Å². The van der Waals surface area contributed by atoms with Crippen molar-refractivity contribution in [1.82, 2.24) is 5.01 Å². The summed E-state index contributed by atoms with van der Waals surface area (Å²) in [5.74, 6) is 4.89. The Morgan fingerprint density at radius 1 is 1.44 bits per heavy atom. The highest BCUT2D eigenvalue weighted by Gasteiger charge is 2.14. The molecule has 1 amide bonds. The number of nitrogens with zero attached hydrogens (tertiary/aromatic N) is 1. The van der Waals surface area contributed by atoms with Crippen molar-refractivity contribution in [3.63, 3.8) is 0 Å². The largest absolute Gasteiger partial charge is 0.375 e. The molecule has 1 rings (SSSR count). The Morgan fingerprint density at radius 3 is 2.62 bits per heavy atom. The Balaban J connectivity index is 2.84. The normalized spacial score (nSPS) is 9.94. The second-order valence-electron chi connectivity index (χ2n) is 3.01. The van der Waals surface area contributed by atoms with Gasteiger partial charge < -0.3 is 5.73 Å². The summed E-state index contributed by atoms with van der Waals surface area (Å²) in [5.41, 5.74) is 5.79. The van der Waals surface area contributed by atoms with Gasteiger partial charge in [0.05, 0.1) is 6.42 Å². The van der Waals surface area contributed by atoms with Crippen LogP contribution in [0.1, 0.15) is 5.56 Å². The lowest BCUT2D eigenvalue weighted by Crippen LogP contribution is -2.46. The Labute approximate surface area is 108 Å². The minimum absolute atomic E-state index is 0.00671. The zero-order chi connectivity index (χ0) is 12.3. The average Bonchev–Trinajstić information content (AvgIpc) is 2.22. The van der Waals surface area contributed by atoms with Gasteiger partial charge in [0.1, 0.15) is 0 Å². The van der Waals surface area contributed by atoms with Crippen LogP contribution in [0.15, 0.2) is 18.2 Å². The van der Waals surface area contributed by atoms with Crippen molar-refractivity contribution >= 4 is 46.4 Å². The summed E-state index contributed by atoms with van der Waals surface area (Å²) >= 11 is 16.2. The van der Waals surface area contributed by atoms with Gasteiger partial charge in [-0.1, -0.05) is 23.2 Å². The molecule has 0 saturated heterocycles. The number of rotatable bonds is 2. The molecule has 0 spiro atoms. The van der Waals surface area contributed by atoms with Gasteiger partial charge in [0.25, 0.3) is 0 Å². The number of nitrogens with two attached hydrogens (primary N) is 2. The maximum absolute atomic E-state index is 11.5. The third kappa shape index (κ3) is 3.31. The van der Waals surface area contributed by atoms with E-state index in [0.29, 0.717) is 20.6 Å². The van der Waals surface area contributed by atoms with E-state index in [2.05, 4.69) is 12.2 Å². The number of hydrogen-bond donors (Lipinski definition) is 2. The topological polar surface area (TPSA) is 72.3 Å². The Bertz CT molecular complexity index is 439. The predicted octanol–water partition coefficient (Wildman–Crippen LogP) is 1.48. The summed E-state index contributed by atoms with van der Waals surface area (Å²) < 4.78 is 0. The zero-order valence-corrected chi connectivity index (χ0v) is 10.4. The first kappa shape index (κ1) is 13.2. The minimum atomic E-state index is -0.448. The van der Waals surface area contributed by atoms with Crippen LogP contribution in [0.2, 0.25) is 10.0 Å². The molecule has 0 atom stereocenters. The minimum Gasteiger partial charge on any atom is -0.375 e. The number of carbonyl (C=O) groups is 1. The lowest BCUT2D eigenvalue weighted by Gasteiger charge is -2.14. The third-order valence-electron chi connectivity index (χ3n) is 1.86. The molecule has 86 valence electrons. The van der Waals surface area contributed by atoms with E-state index in [-0.39, 0.29) is 11.5 Å². The highest BCUT2D eigenvalue weighted by molar-refractivity contribution is 7.80. The van der Waals surface area contributed by atoms with Gasteiger partial charge in [0.2, 0.25) is 5.91 Å². The maximum atomic E-state index is 11.5. The first-order valence-corrected chi connectivity index (χ1v) is 5.39. The van der Waals surface area contributed by atoms with E-state index in [9.17, 15) is 4.79 Å². The van der Waals surface area contributed by atoms with Crippen LogP contribution in [0, 0.1) is 0 Å². The lowest BCUT2D eigenvalue weighted by atomic mass is 10.1. The summed E-state index contributed by atoms with van der Waals surface area (Å²) in [5, 5.41) is 1.44. The summed E-state index contributed by atoms with van der Waals surface area (Å²) in [7, 11) is 0. The van der Waals surface area contributed by atoms with Gasteiger partial charge in [0, 0.05) is 10.0 Å². The smallest absolute Gasteiger partial charge is 0.247 e. The first-order chi connectivity index (χ1) is 7.41. The highest BCUT2D eigenvalue weighted by atomic mass is 35.5. The molecule has 4 N–H and O–H groups in total. The molecule has 0 heterocycles. The van der Waals surface area contributed by atoms with Gasteiger partial charge in [-0.2, -0.15) is 0 Å². The van der Waals surface area contributed by atoms with Gasteiger partial charge in [-0.05, 0) is 36.0 Å². The number of hydrogen-bond acceptors (Lipinski definition) is 3. The number of benzene rings is 1. The van der Waals surface area contributed by atoms with E-state index in [1.807, 2.05) is 0 Å². The average molecular weight is 278 g/mol. The molecule has 1 aromatic rings. The van der Waals surface area contributed by atoms with E-state index >= 15 is 0 Å². The quantitative estimate of drug-likeness (QED) is 0.372. The Morgan fingerprint density at radius 2 is 2.06 bits per heavy atom. The fraction of sp³-hybridized carbons (Fsp3) is 0.111. The number of amides is 1. The van der Waals surface area contributed by atoms with E-state index < -0.39 is 5.91 Å². The van der Waals surface area contributed by atoms with Crippen molar-refractivity contribution in [2.45, 2.75) is 6.42 Å². The van der Waals surface area contributed by atoms with Gasteiger partial charge >= 0.3 is 0 Å². The van der Waals surface area contributed by atoms with Crippen molar-refractivity contribution in [3.8, 4) is 0 Å². The van der Waals surface area contributed by atoms with E-state index in [0.717, 1.165) is 0 Å². The lowest BCUT2D eigenvalue weighted by molar-refractivity contribution is -0.126. The molecule has 0 aliphatic carbocycles. The van der Waals surface area contributed by atoms with Gasteiger partial charge in [-0.3, -0.25) is 4.79 Å². The second kappa shape index (κ2) is 5.45. The number of hydrazine groups is 1. The molecule has 0 fully saturated rings. The SMILES string of the molecule is NC(=S)N(N)C(=O)Cc1cc(Cl)ccc1Cl. The molecule has 0 aliphatic heterocycles. The fourth-order valence-corrected chi connectivity index (χ4v) is 1.53. The highest BCUT2D eigenvalue weighted by Crippen LogP contribution is 2.21. The Kier molecular flexibility index (Phi) is 4.49. The summed E-state index contributed by atoms with van der Waals surface area (Å²) in [6.07, 6.45) is -0.00671. The van der Waals surface area contributed by atoms with Gasteiger partial charge in [0.15, 0.2) is 5.11 Å². The first-order valence-electron chi connectivity index (χ1n) is 4.23. The van der Waals surface area contributed by atoms with Crippen molar-refractivity contribution in [3.05, 3.63) is 33.8 Å². The van der Waals surface area contributed by atoms with Crippen LogP contribution in [0.4, 0.5) is 0 Å². The molecule has 0 bridgehead atoms. The molecule has 1 aromatic carbocycles. The van der Waals surface area contributed by atoms with Crippen molar-refractivity contribution in [2.75, 3.05) is 0 Å². The van der Waals surface area contributed by atoms with E-state index in [4.69, 9.17) is 34.8 Å². The van der Waals surface area contributed by atoms with Gasteiger partial charge in [-0.15, -0.1) is 0 Å². The molecule has 7 heteroatoms. The van der Waals surface area contributed by atoms with Crippen LogP contribution in [0.5, 0.6) is 0 Å². The third-order valence-corrected chi connectivity index (χ3v) is 2.66. The van der Waals surface area contributed by atoms with Crippen LogP contribution in [-0.4, -0.2) is 16.0 Å². The number of thiocarbonyl (C=S) groups is 1. The van der Waals surface area contributed by atoms with Crippen LogP contribution in [0.25, 0.3) is 0 Å². The number of carbonyl (C=O) groups excluding carboxylic acids is 1. The summed E-state index contributed by atoms with van der Waals surface area (Å²) in [4.78, 5) is 11.5. The second-order valence-corrected chi connectivity index (χ2v) is 4.28. The van der Waals surface area contributed by atoms with Crippen LogP contribution in [-0.2, 0) is 11.2 Å². The molecule has 0 radical (unpaired) electrons. The van der Waals surface area contributed by atoms with E-state index in [1.165, 1.54) is 0 Å². The van der Waals surface area contributed by atoms with Crippen LogP contribution >= 0.6 is 35.4 Å². The monoisotopic (exact) mass is 277 g/mol. The van der Waals surface area contributed by atoms with Gasteiger partial charge in [-0.25, -0.2) is 10.9 Å². The molecule has 0 aromatic heterocycles. The molecular formula is C9H9Cl2N3OS. The molecule has 0 aliphatic rings. The standard InChI is InChI=1S/C9H9Cl2N3OS/c10-6-1-2-7(11)5(3-6)4-8(15)14(13)9(12)16/h1-3H,4,13H2,(H2,12,16). The molecule has 0 saturated carbocycles. The van der Waals surface area contributed by atoms with E-state index in [1.54, 1.807) is 18.2 Å². The molecule has 16 heavy (non-hydrogen) atoms. The molecule has 0 unspecified atom stereocenters. The summed E-state index contributed by atoms with van der Waals surface area (Å²) in [6, 6.07) is 4.83. The van der Waals surface area contributed by atoms with Crippen molar-refractivity contribution in [1.29, 1.82) is 0 Å². The molecule has 4 nitrogen and oxygen atoms in total.